The van der Waals surface area contributed by atoms with E-state index in [1.807, 2.05) is 24.3 Å². The third-order valence-electron chi connectivity index (χ3n) is 3.46. The van der Waals surface area contributed by atoms with Crippen LogP contribution in [0.5, 0.6) is 5.75 Å². The Kier molecular flexibility index (Phi) is 4.14. The summed E-state index contributed by atoms with van der Waals surface area (Å²) in [6.07, 6.45) is 2.32. The van der Waals surface area contributed by atoms with Gasteiger partial charge in [-0.3, -0.25) is 0 Å². The number of hydrogen-bond acceptors (Lipinski definition) is 4. The van der Waals surface area contributed by atoms with Gasteiger partial charge >= 0.3 is 0 Å². The van der Waals surface area contributed by atoms with Crippen molar-refractivity contribution in [2.24, 2.45) is 0 Å². The van der Waals surface area contributed by atoms with E-state index in [1.165, 1.54) is 24.0 Å². The number of hydrogen-bond donors (Lipinski definition) is 1. The smallest absolute Gasteiger partial charge is 0.137 e. The fourth-order valence-electron chi connectivity index (χ4n) is 2.29. The summed E-state index contributed by atoms with van der Waals surface area (Å²) in [6, 6.07) is 12.4. The topological polar surface area (TPSA) is 47.0 Å². The maximum absolute atomic E-state index is 13.4. The molecule has 0 aliphatic heterocycles. The molecule has 3 aromatic rings. The Morgan fingerprint density at radius 3 is 2.68 bits per heavy atom. The van der Waals surface area contributed by atoms with Gasteiger partial charge in [-0.2, -0.15) is 0 Å². The van der Waals surface area contributed by atoms with Crippen molar-refractivity contribution in [2.45, 2.75) is 6.42 Å². The summed E-state index contributed by atoms with van der Waals surface area (Å²) in [5.41, 5.74) is 1.92. The SMILES string of the molecule is COc1ccc(CCNc2ncnc3ccc(F)cc23)cc1. The lowest BCUT2D eigenvalue weighted by Crippen LogP contribution is -2.07. The lowest BCUT2D eigenvalue weighted by molar-refractivity contribution is 0.414. The highest BCUT2D eigenvalue weighted by Gasteiger charge is 2.04. The van der Waals surface area contributed by atoms with Crippen LogP contribution in [0, 0.1) is 5.82 Å². The first-order valence-electron chi connectivity index (χ1n) is 7.03. The monoisotopic (exact) mass is 297 g/mol. The van der Waals surface area contributed by atoms with Crippen molar-refractivity contribution < 1.29 is 9.13 Å². The zero-order valence-electron chi connectivity index (χ0n) is 12.2. The van der Waals surface area contributed by atoms with E-state index in [4.69, 9.17) is 4.74 Å². The molecule has 0 atom stereocenters. The highest BCUT2D eigenvalue weighted by molar-refractivity contribution is 5.88. The molecule has 0 amide bonds. The molecule has 0 saturated heterocycles. The molecule has 1 N–H and O–H groups in total. The molecule has 1 aromatic heterocycles. The van der Waals surface area contributed by atoms with Gasteiger partial charge in [-0.1, -0.05) is 12.1 Å². The number of nitrogens with zero attached hydrogens (tertiary/aromatic N) is 2. The van der Waals surface area contributed by atoms with E-state index in [1.54, 1.807) is 13.2 Å². The van der Waals surface area contributed by atoms with Crippen LogP contribution < -0.4 is 10.1 Å². The molecule has 112 valence electrons. The second-order valence-corrected chi connectivity index (χ2v) is 4.91. The second-order valence-electron chi connectivity index (χ2n) is 4.91. The van der Waals surface area contributed by atoms with Crippen LogP contribution in [0.1, 0.15) is 5.56 Å². The van der Waals surface area contributed by atoms with Crippen molar-refractivity contribution in [1.82, 2.24) is 9.97 Å². The van der Waals surface area contributed by atoms with E-state index in [0.717, 1.165) is 17.7 Å². The number of ether oxygens (including phenoxy) is 1. The van der Waals surface area contributed by atoms with Gasteiger partial charge < -0.3 is 10.1 Å². The van der Waals surface area contributed by atoms with Crippen LogP contribution in [0.25, 0.3) is 10.9 Å². The largest absolute Gasteiger partial charge is 0.497 e. The van der Waals surface area contributed by atoms with Gasteiger partial charge in [0, 0.05) is 11.9 Å². The third-order valence-corrected chi connectivity index (χ3v) is 3.46. The van der Waals surface area contributed by atoms with Crippen LogP contribution in [0.2, 0.25) is 0 Å². The molecule has 0 saturated carbocycles. The van der Waals surface area contributed by atoms with Crippen molar-refractivity contribution in [3.63, 3.8) is 0 Å². The average molecular weight is 297 g/mol. The highest BCUT2D eigenvalue weighted by Crippen LogP contribution is 2.20. The molecule has 0 unspecified atom stereocenters. The summed E-state index contributed by atoms with van der Waals surface area (Å²) in [7, 11) is 1.65. The van der Waals surface area contributed by atoms with Gasteiger partial charge in [-0.25, -0.2) is 14.4 Å². The van der Waals surface area contributed by atoms with Crippen LogP contribution >= 0.6 is 0 Å². The lowest BCUT2D eigenvalue weighted by Gasteiger charge is -2.08. The molecule has 0 aliphatic carbocycles. The summed E-state index contributed by atoms with van der Waals surface area (Å²) < 4.78 is 18.5. The molecule has 0 bridgehead atoms. The van der Waals surface area contributed by atoms with Gasteiger partial charge in [-0.05, 0) is 42.3 Å². The molecule has 4 nitrogen and oxygen atoms in total. The van der Waals surface area contributed by atoms with E-state index >= 15 is 0 Å². The van der Waals surface area contributed by atoms with Crippen molar-refractivity contribution in [1.29, 1.82) is 0 Å². The number of benzene rings is 2. The summed E-state index contributed by atoms with van der Waals surface area (Å²) in [6.45, 7) is 0.703. The number of rotatable bonds is 5. The molecule has 22 heavy (non-hydrogen) atoms. The van der Waals surface area contributed by atoms with Crippen LogP contribution in [0.3, 0.4) is 0 Å². The van der Waals surface area contributed by atoms with Crippen molar-refractivity contribution in [3.05, 3.63) is 60.2 Å². The average Bonchev–Trinajstić information content (AvgIpc) is 2.56. The predicted octanol–water partition coefficient (Wildman–Crippen LogP) is 3.43. The first-order valence-corrected chi connectivity index (χ1v) is 7.03. The highest BCUT2D eigenvalue weighted by atomic mass is 19.1. The van der Waals surface area contributed by atoms with Crippen LogP contribution in [0.4, 0.5) is 10.2 Å². The minimum Gasteiger partial charge on any atom is -0.497 e. The molecule has 1 heterocycles. The Balaban J connectivity index is 1.69. The van der Waals surface area contributed by atoms with Crippen molar-refractivity contribution >= 4 is 16.7 Å². The van der Waals surface area contributed by atoms with E-state index in [9.17, 15) is 4.39 Å². The van der Waals surface area contributed by atoms with Crippen molar-refractivity contribution in [2.75, 3.05) is 19.0 Å². The molecule has 0 radical (unpaired) electrons. The minimum absolute atomic E-state index is 0.291. The number of aromatic nitrogens is 2. The fourth-order valence-corrected chi connectivity index (χ4v) is 2.29. The molecule has 0 aliphatic rings. The van der Waals surface area contributed by atoms with Crippen LogP contribution in [0.15, 0.2) is 48.8 Å². The molecule has 2 aromatic carbocycles. The van der Waals surface area contributed by atoms with E-state index in [2.05, 4.69) is 15.3 Å². The summed E-state index contributed by atoms with van der Waals surface area (Å²) in [5, 5.41) is 3.93. The Labute approximate surface area is 128 Å². The van der Waals surface area contributed by atoms with Gasteiger partial charge in [0.15, 0.2) is 0 Å². The van der Waals surface area contributed by atoms with E-state index in [-0.39, 0.29) is 5.82 Å². The number of nitrogens with one attached hydrogen (secondary N) is 1. The van der Waals surface area contributed by atoms with Crippen LogP contribution in [-0.2, 0) is 6.42 Å². The Hall–Kier alpha value is -2.69. The second kappa shape index (κ2) is 6.39. The first-order chi connectivity index (χ1) is 10.8. The molecular formula is C17H16FN3O. The Morgan fingerprint density at radius 2 is 1.91 bits per heavy atom. The Morgan fingerprint density at radius 1 is 1.09 bits per heavy atom. The quantitative estimate of drug-likeness (QED) is 0.783. The molecule has 0 fully saturated rings. The van der Waals surface area contributed by atoms with Crippen LogP contribution in [-0.4, -0.2) is 23.6 Å². The third kappa shape index (κ3) is 3.14. The minimum atomic E-state index is -0.291. The maximum atomic E-state index is 13.4. The van der Waals surface area contributed by atoms with Gasteiger partial charge in [0.05, 0.1) is 12.6 Å². The number of methoxy groups -OCH3 is 1. The van der Waals surface area contributed by atoms with Gasteiger partial charge in [0.25, 0.3) is 0 Å². The normalized spacial score (nSPS) is 10.6. The molecule has 0 spiro atoms. The van der Waals surface area contributed by atoms with Gasteiger partial charge in [0.2, 0.25) is 0 Å². The zero-order valence-corrected chi connectivity index (χ0v) is 12.2. The van der Waals surface area contributed by atoms with Crippen molar-refractivity contribution in [3.8, 4) is 5.75 Å². The molecule has 3 rings (SSSR count). The first kappa shape index (κ1) is 14.3. The Bertz CT molecular complexity index is 774. The molecular weight excluding hydrogens is 281 g/mol. The molecule has 5 heteroatoms. The fraction of sp³-hybridized carbons (Fsp3) is 0.176. The number of anilines is 1. The summed E-state index contributed by atoms with van der Waals surface area (Å²) in [4.78, 5) is 8.33. The van der Waals surface area contributed by atoms with Gasteiger partial charge in [0.1, 0.15) is 23.7 Å². The maximum Gasteiger partial charge on any atom is 0.137 e. The zero-order chi connectivity index (χ0) is 15.4. The van der Waals surface area contributed by atoms with E-state index in [0.29, 0.717) is 17.7 Å². The number of fused-ring (bicyclic) bond motifs is 1. The summed E-state index contributed by atoms with van der Waals surface area (Å²) in [5.74, 6) is 1.20. The number of halogens is 1. The predicted molar refractivity (Wildman–Crippen MR) is 84.7 cm³/mol. The van der Waals surface area contributed by atoms with Gasteiger partial charge in [-0.15, -0.1) is 0 Å². The standard InChI is InChI=1S/C17H16FN3O/c1-22-14-5-2-12(3-6-14)8-9-19-17-15-10-13(18)4-7-16(15)20-11-21-17/h2-7,10-11H,8-9H2,1H3,(H,19,20,21). The lowest BCUT2D eigenvalue weighted by atomic mass is 10.1. The van der Waals surface area contributed by atoms with E-state index < -0.39 is 0 Å². The summed E-state index contributed by atoms with van der Waals surface area (Å²) >= 11 is 0.